The number of hydrogen-bond donors (Lipinski definition) is 2. The Bertz CT molecular complexity index is 954. The monoisotopic (exact) mass is 411 g/mol. The normalized spacial score (nSPS) is 11.3. The zero-order valence-electron chi connectivity index (χ0n) is 16.7. The van der Waals surface area contributed by atoms with Crippen molar-refractivity contribution in [3.63, 3.8) is 0 Å². The highest BCUT2D eigenvalue weighted by molar-refractivity contribution is 6.32. The summed E-state index contributed by atoms with van der Waals surface area (Å²) in [4.78, 5) is 4.73. The highest BCUT2D eigenvalue weighted by Gasteiger charge is 2.06. The zero-order chi connectivity index (χ0) is 20.5. The van der Waals surface area contributed by atoms with Crippen LogP contribution in [0.15, 0.2) is 65.8 Å². The topological polar surface area (TPSA) is 63.5 Å². The van der Waals surface area contributed by atoms with Crippen LogP contribution in [-0.2, 0) is 26.7 Å². The standard InChI is InChI=1S/C22H26ClN5O/c1-3-24-22(26-15-19-12-13-27-28(19)2)25-14-17-8-4-5-9-18(17)16-29-21-11-7-6-10-20(21)23/h4-13H,3,14-16H2,1-2H3,(H2,24,25,26). The van der Waals surface area contributed by atoms with E-state index in [1.165, 1.54) is 0 Å². The molecule has 2 N–H and O–H groups in total. The molecule has 0 bridgehead atoms. The lowest BCUT2D eigenvalue weighted by atomic mass is 10.1. The number of aryl methyl sites for hydroxylation is 1. The molecule has 0 unspecified atom stereocenters. The number of aliphatic imine (C=N–C) groups is 1. The molecule has 3 aromatic rings. The van der Waals surface area contributed by atoms with E-state index in [1.807, 2.05) is 61.1 Å². The molecule has 1 aromatic heterocycles. The van der Waals surface area contributed by atoms with Gasteiger partial charge in [-0.1, -0.05) is 48.0 Å². The fourth-order valence-corrected chi connectivity index (χ4v) is 3.02. The van der Waals surface area contributed by atoms with Crippen LogP contribution in [0.5, 0.6) is 5.75 Å². The van der Waals surface area contributed by atoms with Gasteiger partial charge in [-0.2, -0.15) is 5.10 Å². The second-order valence-corrected chi connectivity index (χ2v) is 6.89. The van der Waals surface area contributed by atoms with Crippen LogP contribution in [0, 0.1) is 0 Å². The van der Waals surface area contributed by atoms with Gasteiger partial charge in [0.25, 0.3) is 0 Å². The van der Waals surface area contributed by atoms with Crippen molar-refractivity contribution in [1.82, 2.24) is 20.4 Å². The third-order valence-corrected chi connectivity index (χ3v) is 4.76. The van der Waals surface area contributed by atoms with E-state index in [-0.39, 0.29) is 0 Å². The number of nitrogens with one attached hydrogen (secondary N) is 2. The SMILES string of the molecule is CCNC(=NCc1ccccc1COc1ccccc1Cl)NCc1ccnn1C. The number of rotatable bonds is 8. The minimum absolute atomic E-state index is 0.439. The molecule has 0 amide bonds. The molecule has 2 aromatic carbocycles. The van der Waals surface area contributed by atoms with Gasteiger partial charge in [-0.25, -0.2) is 4.99 Å². The van der Waals surface area contributed by atoms with Crippen LogP contribution >= 0.6 is 11.6 Å². The zero-order valence-corrected chi connectivity index (χ0v) is 17.5. The van der Waals surface area contributed by atoms with Crippen LogP contribution in [0.4, 0.5) is 0 Å². The maximum atomic E-state index is 6.19. The Morgan fingerprint density at radius 1 is 1.07 bits per heavy atom. The van der Waals surface area contributed by atoms with Crippen LogP contribution < -0.4 is 15.4 Å². The number of nitrogens with zero attached hydrogens (tertiary/aromatic N) is 3. The van der Waals surface area contributed by atoms with E-state index in [1.54, 1.807) is 6.20 Å². The fourth-order valence-electron chi connectivity index (χ4n) is 2.82. The highest BCUT2D eigenvalue weighted by Crippen LogP contribution is 2.24. The van der Waals surface area contributed by atoms with E-state index in [4.69, 9.17) is 21.3 Å². The Morgan fingerprint density at radius 2 is 1.83 bits per heavy atom. The van der Waals surface area contributed by atoms with Gasteiger partial charge in [0.1, 0.15) is 12.4 Å². The van der Waals surface area contributed by atoms with Gasteiger partial charge in [-0.3, -0.25) is 4.68 Å². The Balaban J connectivity index is 1.66. The summed E-state index contributed by atoms with van der Waals surface area (Å²) in [6, 6.07) is 17.6. The maximum absolute atomic E-state index is 6.19. The fraction of sp³-hybridized carbons (Fsp3) is 0.273. The second kappa shape index (κ2) is 10.5. The number of benzene rings is 2. The molecule has 29 heavy (non-hydrogen) atoms. The van der Waals surface area contributed by atoms with Gasteiger partial charge in [-0.05, 0) is 36.2 Å². The van der Waals surface area contributed by atoms with Gasteiger partial charge in [0.2, 0.25) is 0 Å². The van der Waals surface area contributed by atoms with Gasteiger partial charge >= 0.3 is 0 Å². The summed E-state index contributed by atoms with van der Waals surface area (Å²) in [5, 5.41) is 11.4. The van der Waals surface area contributed by atoms with Gasteiger partial charge in [0, 0.05) is 19.8 Å². The third-order valence-electron chi connectivity index (χ3n) is 4.45. The van der Waals surface area contributed by atoms with E-state index in [2.05, 4.69) is 27.9 Å². The van der Waals surface area contributed by atoms with Crippen LogP contribution in [0.1, 0.15) is 23.7 Å². The quantitative estimate of drug-likeness (QED) is 0.435. The molecule has 0 spiro atoms. The van der Waals surface area contributed by atoms with Gasteiger partial charge in [0.15, 0.2) is 5.96 Å². The van der Waals surface area contributed by atoms with Crippen molar-refractivity contribution < 1.29 is 4.74 Å². The molecule has 0 radical (unpaired) electrons. The van der Waals surface area contributed by atoms with Crippen molar-refractivity contribution in [1.29, 1.82) is 0 Å². The first-order valence-electron chi connectivity index (χ1n) is 9.60. The number of guanidine groups is 1. The van der Waals surface area contributed by atoms with E-state index >= 15 is 0 Å². The Kier molecular flexibility index (Phi) is 7.53. The smallest absolute Gasteiger partial charge is 0.191 e. The number of halogens is 1. The first-order chi connectivity index (χ1) is 14.2. The molecular formula is C22H26ClN5O. The summed E-state index contributed by atoms with van der Waals surface area (Å²) >= 11 is 6.19. The number of aromatic nitrogens is 2. The van der Waals surface area contributed by atoms with E-state index in [0.29, 0.717) is 30.5 Å². The molecule has 152 valence electrons. The molecule has 7 heteroatoms. The molecule has 6 nitrogen and oxygen atoms in total. The first-order valence-corrected chi connectivity index (χ1v) is 9.98. The third kappa shape index (κ3) is 5.99. The largest absolute Gasteiger partial charge is 0.487 e. The predicted molar refractivity (Wildman–Crippen MR) is 117 cm³/mol. The molecule has 0 fully saturated rings. The summed E-state index contributed by atoms with van der Waals surface area (Å²) < 4.78 is 7.75. The molecule has 0 aliphatic heterocycles. The highest BCUT2D eigenvalue weighted by atomic mass is 35.5. The predicted octanol–water partition coefficient (Wildman–Crippen LogP) is 3.91. The minimum Gasteiger partial charge on any atom is -0.487 e. The number of ether oxygens (including phenoxy) is 1. The molecule has 0 saturated carbocycles. The Morgan fingerprint density at radius 3 is 2.55 bits per heavy atom. The summed E-state index contributed by atoms with van der Waals surface area (Å²) in [7, 11) is 1.93. The van der Waals surface area contributed by atoms with Crippen molar-refractivity contribution >= 4 is 17.6 Å². The van der Waals surface area contributed by atoms with E-state index in [9.17, 15) is 0 Å². The summed E-state index contributed by atoms with van der Waals surface area (Å²) in [5.74, 6) is 1.44. The molecular weight excluding hydrogens is 386 g/mol. The molecule has 0 saturated heterocycles. The lowest BCUT2D eigenvalue weighted by molar-refractivity contribution is 0.305. The van der Waals surface area contributed by atoms with E-state index < -0.39 is 0 Å². The van der Waals surface area contributed by atoms with Gasteiger partial charge < -0.3 is 15.4 Å². The Hall–Kier alpha value is -2.99. The van der Waals surface area contributed by atoms with Gasteiger partial charge in [0.05, 0.1) is 23.8 Å². The van der Waals surface area contributed by atoms with Crippen molar-refractivity contribution in [2.24, 2.45) is 12.0 Å². The van der Waals surface area contributed by atoms with Crippen LogP contribution in [0.3, 0.4) is 0 Å². The minimum atomic E-state index is 0.439. The van der Waals surface area contributed by atoms with Crippen LogP contribution in [0.2, 0.25) is 5.02 Å². The van der Waals surface area contributed by atoms with Crippen molar-refractivity contribution in [3.8, 4) is 5.75 Å². The summed E-state index contributed by atoms with van der Waals surface area (Å²) in [6.07, 6.45) is 1.79. The Labute approximate surface area is 176 Å². The van der Waals surface area contributed by atoms with E-state index in [0.717, 1.165) is 29.3 Å². The summed E-state index contributed by atoms with van der Waals surface area (Å²) in [6.45, 7) is 4.47. The van der Waals surface area contributed by atoms with Crippen molar-refractivity contribution in [3.05, 3.63) is 82.6 Å². The average Bonchev–Trinajstić information content (AvgIpc) is 3.15. The molecule has 3 rings (SSSR count). The number of hydrogen-bond acceptors (Lipinski definition) is 3. The lowest BCUT2D eigenvalue weighted by Crippen LogP contribution is -2.37. The lowest BCUT2D eigenvalue weighted by Gasteiger charge is -2.13. The number of para-hydroxylation sites is 1. The van der Waals surface area contributed by atoms with Crippen LogP contribution in [0.25, 0.3) is 0 Å². The maximum Gasteiger partial charge on any atom is 0.191 e. The summed E-state index contributed by atoms with van der Waals surface area (Å²) in [5.41, 5.74) is 3.28. The molecule has 1 heterocycles. The first kappa shape index (κ1) is 20.7. The van der Waals surface area contributed by atoms with Crippen LogP contribution in [-0.4, -0.2) is 22.3 Å². The second-order valence-electron chi connectivity index (χ2n) is 6.48. The van der Waals surface area contributed by atoms with Crippen molar-refractivity contribution in [2.45, 2.75) is 26.6 Å². The van der Waals surface area contributed by atoms with Gasteiger partial charge in [-0.15, -0.1) is 0 Å². The molecule has 0 aliphatic rings. The van der Waals surface area contributed by atoms with Crippen molar-refractivity contribution in [2.75, 3.05) is 6.54 Å². The molecule has 0 aliphatic carbocycles. The molecule has 0 atom stereocenters. The average molecular weight is 412 g/mol.